The molecule has 4 fully saturated rings. The highest BCUT2D eigenvalue weighted by molar-refractivity contribution is 5.83. The monoisotopic (exact) mass is 484 g/mol. The van der Waals surface area contributed by atoms with E-state index >= 15 is 0 Å². The third kappa shape index (κ3) is 3.81. The van der Waals surface area contributed by atoms with Crippen molar-refractivity contribution in [2.45, 2.75) is 104 Å². The molecule has 1 saturated heterocycles. The highest BCUT2D eigenvalue weighted by Gasteiger charge is 2.64. The summed E-state index contributed by atoms with van der Waals surface area (Å²) < 4.78 is 5.42. The zero-order valence-corrected chi connectivity index (χ0v) is 23.2. The molecule has 0 N–H and O–H groups in total. The number of allylic oxidation sites excluding steroid dienone is 1. The molecule has 5 nitrogen and oxygen atoms in total. The van der Waals surface area contributed by atoms with Crippen LogP contribution in [0.1, 0.15) is 86.0 Å². The lowest BCUT2D eigenvalue weighted by Crippen LogP contribution is -2.54. The van der Waals surface area contributed by atoms with Gasteiger partial charge in [0.2, 0.25) is 0 Å². The van der Waals surface area contributed by atoms with Crippen LogP contribution >= 0.6 is 0 Å². The van der Waals surface area contributed by atoms with Gasteiger partial charge < -0.3 is 14.5 Å². The van der Waals surface area contributed by atoms with Gasteiger partial charge in [0.05, 0.1) is 0 Å². The molecule has 0 aromatic carbocycles. The predicted molar refractivity (Wildman–Crippen MR) is 139 cm³/mol. The van der Waals surface area contributed by atoms with E-state index in [-0.39, 0.29) is 29.3 Å². The van der Waals surface area contributed by atoms with Gasteiger partial charge in [-0.3, -0.25) is 9.59 Å². The number of carbonyl (C=O) groups excluding carboxylic acids is 2. The van der Waals surface area contributed by atoms with E-state index in [1.54, 1.807) is 5.57 Å². The Morgan fingerprint density at radius 3 is 2.51 bits per heavy atom. The number of ether oxygens (including phenoxy) is 1. The highest BCUT2D eigenvalue weighted by Crippen LogP contribution is 2.68. The van der Waals surface area contributed by atoms with Gasteiger partial charge in [-0.1, -0.05) is 32.4 Å². The maximum absolute atomic E-state index is 13.3. The molecule has 0 aromatic rings. The molecule has 5 rings (SSSR count). The second-order valence-corrected chi connectivity index (χ2v) is 13.5. The molecule has 1 amide bonds. The topological polar surface area (TPSA) is 49.9 Å². The molecule has 1 spiro atoms. The summed E-state index contributed by atoms with van der Waals surface area (Å²) in [6.07, 6.45) is 12.0. The maximum atomic E-state index is 13.3. The van der Waals surface area contributed by atoms with Crippen LogP contribution in [0.25, 0.3) is 0 Å². The standard InChI is InChI=1S/C30H48N2O3/c1-18(2)27(35-20(4)33)28(34)32(7)22-12-14-29(5)21(16-22)8-9-23-25(29)13-15-30-17-31(6)19(3)24(30)10-11-26(23)30/h8,18-19,22-27H,9-17H2,1-7H3/t19-,22-,23+,24+,25-,26-,27?,29-,30?/m0/s1. The van der Waals surface area contributed by atoms with Gasteiger partial charge in [0.15, 0.2) is 6.10 Å². The van der Waals surface area contributed by atoms with Crippen LogP contribution in [0.2, 0.25) is 0 Å². The lowest BCUT2D eigenvalue weighted by atomic mass is 9.47. The van der Waals surface area contributed by atoms with Crippen molar-refractivity contribution in [2.75, 3.05) is 20.6 Å². The van der Waals surface area contributed by atoms with Crippen LogP contribution in [0.4, 0.5) is 0 Å². The SMILES string of the molecule is CC(=O)OC(C(=O)N(C)[C@H]1CC[C@@]2(C)C(=CC[C@H]3[C@@H]4CC[C@@H]5[C@H](C)N(C)CC54CC[C@@H]32)C1)C(C)C. The van der Waals surface area contributed by atoms with E-state index < -0.39 is 6.10 Å². The summed E-state index contributed by atoms with van der Waals surface area (Å²) in [5.41, 5.74) is 2.46. The van der Waals surface area contributed by atoms with Crippen molar-refractivity contribution in [1.29, 1.82) is 0 Å². The first-order valence-corrected chi connectivity index (χ1v) is 14.3. The first kappa shape index (κ1) is 25.3. The van der Waals surface area contributed by atoms with Gasteiger partial charge in [0.25, 0.3) is 5.91 Å². The third-order valence-electron chi connectivity index (χ3n) is 11.7. The third-order valence-corrected chi connectivity index (χ3v) is 11.7. The first-order chi connectivity index (χ1) is 16.5. The summed E-state index contributed by atoms with van der Waals surface area (Å²) in [6.45, 7) is 11.6. The lowest BCUT2D eigenvalue weighted by Gasteiger charge is -2.58. The molecule has 196 valence electrons. The van der Waals surface area contributed by atoms with Crippen molar-refractivity contribution >= 4 is 11.9 Å². The van der Waals surface area contributed by atoms with E-state index in [0.29, 0.717) is 5.41 Å². The van der Waals surface area contributed by atoms with Gasteiger partial charge in [-0.05, 0) is 106 Å². The van der Waals surface area contributed by atoms with E-state index in [9.17, 15) is 9.59 Å². The summed E-state index contributed by atoms with van der Waals surface area (Å²) in [5.74, 6) is 2.98. The van der Waals surface area contributed by atoms with E-state index in [4.69, 9.17) is 4.74 Å². The molecule has 0 aromatic heterocycles. The molecule has 0 radical (unpaired) electrons. The zero-order chi connectivity index (χ0) is 25.3. The Labute approximate surface area is 213 Å². The van der Waals surface area contributed by atoms with Crippen LogP contribution in [-0.2, 0) is 14.3 Å². The molecule has 1 heterocycles. The van der Waals surface area contributed by atoms with Crippen molar-refractivity contribution in [3.05, 3.63) is 11.6 Å². The van der Waals surface area contributed by atoms with Crippen molar-refractivity contribution in [3.8, 4) is 0 Å². The van der Waals surface area contributed by atoms with Crippen LogP contribution in [0.5, 0.6) is 0 Å². The fourth-order valence-corrected chi connectivity index (χ4v) is 9.81. The summed E-state index contributed by atoms with van der Waals surface area (Å²) in [4.78, 5) is 29.5. The average molecular weight is 485 g/mol. The van der Waals surface area contributed by atoms with E-state index in [1.807, 2.05) is 25.8 Å². The Bertz CT molecular complexity index is 898. The van der Waals surface area contributed by atoms with Gasteiger partial charge in [0, 0.05) is 32.6 Å². The molecule has 3 saturated carbocycles. The smallest absolute Gasteiger partial charge is 0.303 e. The molecule has 2 unspecified atom stereocenters. The Balaban J connectivity index is 1.33. The molecular weight excluding hydrogens is 436 g/mol. The van der Waals surface area contributed by atoms with Crippen molar-refractivity contribution in [1.82, 2.24) is 9.80 Å². The number of esters is 1. The fraction of sp³-hybridized carbons (Fsp3) is 0.867. The van der Waals surface area contributed by atoms with Crippen LogP contribution in [-0.4, -0.2) is 60.5 Å². The van der Waals surface area contributed by atoms with Gasteiger partial charge >= 0.3 is 5.97 Å². The number of fused-ring (bicyclic) bond motifs is 4. The van der Waals surface area contributed by atoms with Crippen molar-refractivity contribution in [3.63, 3.8) is 0 Å². The summed E-state index contributed by atoms with van der Waals surface area (Å²) >= 11 is 0. The minimum atomic E-state index is -0.688. The number of nitrogens with zero attached hydrogens (tertiary/aromatic N) is 2. The molecule has 1 aliphatic heterocycles. The second-order valence-electron chi connectivity index (χ2n) is 13.5. The molecule has 5 heteroatoms. The largest absolute Gasteiger partial charge is 0.452 e. The van der Waals surface area contributed by atoms with E-state index in [2.05, 4.69) is 31.9 Å². The molecule has 35 heavy (non-hydrogen) atoms. The Morgan fingerprint density at radius 1 is 1.11 bits per heavy atom. The van der Waals surface area contributed by atoms with Gasteiger partial charge in [-0.2, -0.15) is 0 Å². The number of amides is 1. The van der Waals surface area contributed by atoms with Crippen LogP contribution in [0.3, 0.4) is 0 Å². The molecular formula is C30H48N2O3. The quantitative estimate of drug-likeness (QED) is 0.402. The van der Waals surface area contributed by atoms with Crippen LogP contribution < -0.4 is 0 Å². The van der Waals surface area contributed by atoms with Crippen LogP contribution in [0.15, 0.2) is 11.6 Å². The second kappa shape index (κ2) is 8.89. The van der Waals surface area contributed by atoms with Gasteiger partial charge in [-0.15, -0.1) is 0 Å². The number of hydrogen-bond donors (Lipinski definition) is 0. The Morgan fingerprint density at radius 2 is 1.83 bits per heavy atom. The Kier molecular flexibility index (Phi) is 6.42. The number of carbonyl (C=O) groups is 2. The van der Waals surface area contributed by atoms with Gasteiger partial charge in [-0.25, -0.2) is 0 Å². The van der Waals surface area contributed by atoms with E-state index in [1.165, 1.54) is 52.0 Å². The number of likely N-dealkylation sites (tertiary alicyclic amines) is 1. The summed E-state index contributed by atoms with van der Waals surface area (Å²) in [5, 5.41) is 0. The molecule has 9 atom stereocenters. The first-order valence-electron chi connectivity index (χ1n) is 14.3. The Hall–Kier alpha value is -1.36. The molecule has 4 aliphatic carbocycles. The number of rotatable bonds is 4. The number of hydrogen-bond acceptors (Lipinski definition) is 4. The van der Waals surface area contributed by atoms with Crippen molar-refractivity contribution in [2.24, 2.45) is 40.4 Å². The predicted octanol–water partition coefficient (Wildman–Crippen LogP) is 5.29. The van der Waals surface area contributed by atoms with Gasteiger partial charge in [0.1, 0.15) is 0 Å². The van der Waals surface area contributed by atoms with Crippen molar-refractivity contribution < 1.29 is 14.3 Å². The van der Waals surface area contributed by atoms with E-state index in [0.717, 1.165) is 42.6 Å². The molecule has 0 bridgehead atoms. The maximum Gasteiger partial charge on any atom is 0.303 e. The minimum absolute atomic E-state index is 0.0282. The minimum Gasteiger partial charge on any atom is -0.452 e. The summed E-state index contributed by atoms with van der Waals surface area (Å²) in [7, 11) is 4.27. The highest BCUT2D eigenvalue weighted by atomic mass is 16.5. The fourth-order valence-electron chi connectivity index (χ4n) is 9.81. The lowest BCUT2D eigenvalue weighted by molar-refractivity contribution is -0.162. The number of likely N-dealkylation sites (N-methyl/N-ethyl adjacent to an activating group) is 1. The normalized spacial score (nSPS) is 43.5. The molecule has 5 aliphatic rings. The average Bonchev–Trinajstić information content (AvgIpc) is 3.29. The van der Waals surface area contributed by atoms with Crippen LogP contribution in [0, 0.1) is 40.4 Å². The zero-order valence-electron chi connectivity index (χ0n) is 23.2. The summed E-state index contributed by atoms with van der Waals surface area (Å²) in [6, 6.07) is 0.942.